The van der Waals surface area contributed by atoms with E-state index < -0.39 is 12.0 Å². The van der Waals surface area contributed by atoms with Gasteiger partial charge in [-0.05, 0) is 54.9 Å². The van der Waals surface area contributed by atoms with E-state index in [1.54, 1.807) is 0 Å². The summed E-state index contributed by atoms with van der Waals surface area (Å²) in [7, 11) is 0. The normalized spacial score (nSPS) is 16.0. The molecule has 0 aromatic heterocycles. The first-order valence-electron chi connectivity index (χ1n) is 7.68. The van der Waals surface area contributed by atoms with Gasteiger partial charge in [0.15, 0.2) is 0 Å². The summed E-state index contributed by atoms with van der Waals surface area (Å²) in [6.45, 7) is 7.48. The zero-order valence-corrected chi connectivity index (χ0v) is 13.1. The van der Waals surface area contributed by atoms with Gasteiger partial charge in [-0.2, -0.15) is 0 Å². The number of nitrogens with one attached hydrogen (secondary N) is 1. The molecule has 1 fully saturated rings. The van der Waals surface area contributed by atoms with Crippen molar-refractivity contribution < 1.29 is 14.6 Å². The highest BCUT2D eigenvalue weighted by molar-refractivity contribution is 5.74. The molecule has 1 aliphatic rings. The molecule has 1 aliphatic carbocycles. The SMILES string of the molecule is Cc1cc(OCCNC(C(=O)O)C2CC2)ccc1C(C)C. The maximum atomic E-state index is 11.1. The third kappa shape index (κ3) is 4.46. The van der Waals surface area contributed by atoms with Crippen LogP contribution in [0.1, 0.15) is 43.7 Å². The molecule has 0 saturated heterocycles. The average Bonchev–Trinajstić information content (AvgIpc) is 3.22. The van der Waals surface area contributed by atoms with Crippen LogP contribution < -0.4 is 10.1 Å². The first-order valence-corrected chi connectivity index (χ1v) is 7.68. The lowest BCUT2D eigenvalue weighted by molar-refractivity contribution is -0.140. The van der Waals surface area contributed by atoms with E-state index >= 15 is 0 Å². The highest BCUT2D eigenvalue weighted by Crippen LogP contribution is 2.32. The quantitative estimate of drug-likeness (QED) is 0.723. The summed E-state index contributed by atoms with van der Waals surface area (Å²) in [5.74, 6) is 0.900. The van der Waals surface area contributed by atoms with E-state index in [0.717, 1.165) is 18.6 Å². The van der Waals surface area contributed by atoms with Crippen LogP contribution in [0, 0.1) is 12.8 Å². The molecule has 21 heavy (non-hydrogen) atoms. The molecular weight excluding hydrogens is 266 g/mol. The maximum absolute atomic E-state index is 11.1. The van der Waals surface area contributed by atoms with Gasteiger partial charge in [-0.1, -0.05) is 19.9 Å². The summed E-state index contributed by atoms with van der Waals surface area (Å²) in [6, 6.07) is 5.72. The molecule has 0 amide bonds. The highest BCUT2D eigenvalue weighted by atomic mass is 16.5. The average molecular weight is 291 g/mol. The second-order valence-corrected chi connectivity index (χ2v) is 6.13. The topological polar surface area (TPSA) is 58.6 Å². The molecule has 2 rings (SSSR count). The van der Waals surface area contributed by atoms with Crippen molar-refractivity contribution in [2.45, 2.75) is 45.6 Å². The summed E-state index contributed by atoms with van der Waals surface area (Å²) < 4.78 is 5.70. The van der Waals surface area contributed by atoms with E-state index in [1.165, 1.54) is 11.1 Å². The van der Waals surface area contributed by atoms with Gasteiger partial charge >= 0.3 is 5.97 Å². The van der Waals surface area contributed by atoms with E-state index in [-0.39, 0.29) is 0 Å². The van der Waals surface area contributed by atoms with Gasteiger partial charge in [-0.3, -0.25) is 4.79 Å². The second-order valence-electron chi connectivity index (χ2n) is 6.13. The summed E-state index contributed by atoms with van der Waals surface area (Å²) in [4.78, 5) is 11.1. The molecule has 4 nitrogen and oxygen atoms in total. The Morgan fingerprint density at radius 3 is 2.67 bits per heavy atom. The number of aliphatic carboxylic acids is 1. The van der Waals surface area contributed by atoms with Crippen molar-refractivity contribution in [2.75, 3.05) is 13.2 Å². The predicted octanol–water partition coefficient (Wildman–Crippen LogP) is 2.95. The fourth-order valence-corrected chi connectivity index (χ4v) is 2.65. The van der Waals surface area contributed by atoms with Crippen molar-refractivity contribution in [3.05, 3.63) is 29.3 Å². The van der Waals surface area contributed by atoms with E-state index in [1.807, 2.05) is 12.1 Å². The molecule has 1 unspecified atom stereocenters. The fraction of sp³-hybridized carbons (Fsp3) is 0.588. The Labute approximate surface area is 126 Å². The number of carboxylic acid groups (broad SMARTS) is 1. The molecule has 4 heteroatoms. The Bertz CT molecular complexity index is 495. The molecule has 2 N–H and O–H groups in total. The number of carbonyl (C=O) groups is 1. The van der Waals surface area contributed by atoms with E-state index in [9.17, 15) is 4.79 Å². The minimum Gasteiger partial charge on any atom is -0.492 e. The largest absolute Gasteiger partial charge is 0.492 e. The number of carboxylic acids is 1. The maximum Gasteiger partial charge on any atom is 0.320 e. The van der Waals surface area contributed by atoms with Gasteiger partial charge in [0.2, 0.25) is 0 Å². The molecule has 1 aromatic rings. The number of hydrogen-bond donors (Lipinski definition) is 2. The smallest absolute Gasteiger partial charge is 0.320 e. The van der Waals surface area contributed by atoms with Gasteiger partial charge in [0.1, 0.15) is 18.4 Å². The van der Waals surface area contributed by atoms with Crippen LogP contribution >= 0.6 is 0 Å². The van der Waals surface area contributed by atoms with Gasteiger partial charge in [0, 0.05) is 6.54 Å². The zero-order chi connectivity index (χ0) is 15.4. The van der Waals surface area contributed by atoms with Gasteiger partial charge in [0.25, 0.3) is 0 Å². The number of rotatable bonds is 8. The van der Waals surface area contributed by atoms with Crippen LogP contribution in [0.4, 0.5) is 0 Å². The van der Waals surface area contributed by atoms with Crippen molar-refractivity contribution in [3.63, 3.8) is 0 Å². The fourth-order valence-electron chi connectivity index (χ4n) is 2.65. The number of benzene rings is 1. The molecule has 0 bridgehead atoms. The predicted molar refractivity (Wildman–Crippen MR) is 82.9 cm³/mol. The second kappa shape index (κ2) is 6.94. The molecule has 1 aromatic carbocycles. The Kier molecular flexibility index (Phi) is 5.23. The van der Waals surface area contributed by atoms with Crippen LogP contribution in [0.25, 0.3) is 0 Å². The van der Waals surface area contributed by atoms with E-state index in [2.05, 4.69) is 32.2 Å². The summed E-state index contributed by atoms with van der Waals surface area (Å²) >= 11 is 0. The Morgan fingerprint density at radius 2 is 2.14 bits per heavy atom. The van der Waals surface area contributed by atoms with Crippen LogP contribution in [0.5, 0.6) is 5.75 Å². The van der Waals surface area contributed by atoms with Crippen molar-refractivity contribution in [3.8, 4) is 5.75 Å². The Hall–Kier alpha value is -1.55. The highest BCUT2D eigenvalue weighted by Gasteiger charge is 2.35. The lowest BCUT2D eigenvalue weighted by Crippen LogP contribution is -2.40. The third-order valence-corrected chi connectivity index (χ3v) is 3.96. The summed E-state index contributed by atoms with van der Waals surface area (Å²) in [5, 5.41) is 12.2. The van der Waals surface area contributed by atoms with Crippen LogP contribution in [-0.2, 0) is 4.79 Å². The molecule has 116 valence electrons. The van der Waals surface area contributed by atoms with Gasteiger partial charge in [-0.25, -0.2) is 0 Å². The third-order valence-electron chi connectivity index (χ3n) is 3.96. The van der Waals surface area contributed by atoms with Crippen molar-refractivity contribution in [2.24, 2.45) is 5.92 Å². The Morgan fingerprint density at radius 1 is 1.43 bits per heavy atom. The zero-order valence-electron chi connectivity index (χ0n) is 13.1. The first-order chi connectivity index (χ1) is 9.99. The molecule has 0 spiro atoms. The van der Waals surface area contributed by atoms with Crippen molar-refractivity contribution in [1.82, 2.24) is 5.32 Å². The monoisotopic (exact) mass is 291 g/mol. The standard InChI is InChI=1S/C17H25NO3/c1-11(2)15-7-6-14(10-12(15)3)21-9-8-18-16(17(19)20)13-4-5-13/h6-7,10-11,13,16,18H,4-5,8-9H2,1-3H3,(H,19,20). The Balaban J connectivity index is 1.78. The molecule has 0 aliphatic heterocycles. The van der Waals surface area contributed by atoms with Gasteiger partial charge in [-0.15, -0.1) is 0 Å². The summed E-state index contributed by atoms with van der Waals surface area (Å²) in [5.41, 5.74) is 2.57. The van der Waals surface area contributed by atoms with Crippen LogP contribution in [0.3, 0.4) is 0 Å². The van der Waals surface area contributed by atoms with Crippen LogP contribution in [-0.4, -0.2) is 30.3 Å². The van der Waals surface area contributed by atoms with Gasteiger partial charge < -0.3 is 15.2 Å². The van der Waals surface area contributed by atoms with E-state index in [4.69, 9.17) is 9.84 Å². The minimum absolute atomic E-state index is 0.301. The van der Waals surface area contributed by atoms with Crippen molar-refractivity contribution >= 4 is 5.97 Å². The van der Waals surface area contributed by atoms with E-state index in [0.29, 0.717) is 25.0 Å². The first kappa shape index (κ1) is 15.8. The summed E-state index contributed by atoms with van der Waals surface area (Å²) in [6.07, 6.45) is 2.03. The molecule has 1 saturated carbocycles. The van der Waals surface area contributed by atoms with Gasteiger partial charge in [0.05, 0.1) is 0 Å². The molecule has 0 radical (unpaired) electrons. The molecule has 0 heterocycles. The number of ether oxygens (including phenoxy) is 1. The lowest BCUT2D eigenvalue weighted by atomic mass is 9.98. The number of hydrogen-bond acceptors (Lipinski definition) is 3. The lowest BCUT2D eigenvalue weighted by Gasteiger charge is -2.15. The molecular formula is C17H25NO3. The minimum atomic E-state index is -0.755. The van der Waals surface area contributed by atoms with Crippen LogP contribution in [0.2, 0.25) is 0 Å². The van der Waals surface area contributed by atoms with Crippen molar-refractivity contribution in [1.29, 1.82) is 0 Å². The number of aryl methyl sites for hydroxylation is 1. The van der Waals surface area contributed by atoms with Crippen LogP contribution in [0.15, 0.2) is 18.2 Å². The molecule has 1 atom stereocenters.